The van der Waals surface area contributed by atoms with E-state index in [1.54, 1.807) is 13.3 Å². The Morgan fingerprint density at radius 1 is 1.17 bits per heavy atom. The van der Waals surface area contributed by atoms with E-state index in [1.165, 1.54) is 6.07 Å². The number of hydrogen-bond donors (Lipinski definition) is 0. The van der Waals surface area contributed by atoms with Crippen LogP contribution >= 0.6 is 11.6 Å². The Balaban J connectivity index is 2.73. The van der Waals surface area contributed by atoms with Crippen LogP contribution in [0.1, 0.15) is 57.1 Å². The molecule has 0 radical (unpaired) electrons. The molecule has 0 aliphatic heterocycles. The van der Waals surface area contributed by atoms with E-state index in [0.717, 1.165) is 23.2 Å². The monoisotopic (exact) mass is 335 g/mol. The molecule has 2 nitrogen and oxygen atoms in total. The molecule has 0 saturated heterocycles. The molecule has 1 aromatic carbocycles. The molecule has 0 saturated carbocycles. The standard InChI is InChI=1S/C19H23ClFNO/c1-6-12(4)15-7-13(20)10-22-19(15)16-8-14(11(2)3)17(21)9-18(16)23-5/h7-12H,6H2,1-5H3. The van der Waals surface area contributed by atoms with Gasteiger partial charge in [-0.1, -0.05) is 39.3 Å². The van der Waals surface area contributed by atoms with Gasteiger partial charge in [-0.15, -0.1) is 0 Å². The molecule has 0 fully saturated rings. The zero-order chi connectivity index (χ0) is 17.1. The van der Waals surface area contributed by atoms with E-state index in [1.807, 2.05) is 26.0 Å². The summed E-state index contributed by atoms with van der Waals surface area (Å²) in [6.45, 7) is 8.20. The fourth-order valence-corrected chi connectivity index (χ4v) is 2.81. The van der Waals surface area contributed by atoms with Crippen molar-refractivity contribution < 1.29 is 9.13 Å². The van der Waals surface area contributed by atoms with E-state index in [0.29, 0.717) is 22.3 Å². The molecule has 2 rings (SSSR count). The van der Waals surface area contributed by atoms with Gasteiger partial charge in [0.1, 0.15) is 11.6 Å². The number of nitrogens with zero attached hydrogens (tertiary/aromatic N) is 1. The Kier molecular flexibility index (Phi) is 5.64. The van der Waals surface area contributed by atoms with Gasteiger partial charge in [-0.3, -0.25) is 4.98 Å². The Hall–Kier alpha value is -1.61. The minimum Gasteiger partial charge on any atom is -0.496 e. The molecule has 4 heteroatoms. The van der Waals surface area contributed by atoms with E-state index in [-0.39, 0.29) is 11.7 Å². The van der Waals surface area contributed by atoms with Crippen LogP contribution in [0.3, 0.4) is 0 Å². The highest BCUT2D eigenvalue weighted by Gasteiger charge is 2.19. The van der Waals surface area contributed by atoms with Crippen molar-refractivity contribution >= 4 is 11.6 Å². The molecule has 0 aliphatic carbocycles. The Morgan fingerprint density at radius 3 is 2.43 bits per heavy atom. The van der Waals surface area contributed by atoms with Crippen molar-refractivity contribution in [3.63, 3.8) is 0 Å². The molecule has 124 valence electrons. The van der Waals surface area contributed by atoms with Crippen molar-refractivity contribution in [3.05, 3.63) is 46.4 Å². The Bertz CT molecular complexity index is 700. The van der Waals surface area contributed by atoms with Crippen LogP contribution in [-0.2, 0) is 0 Å². The van der Waals surface area contributed by atoms with Crippen molar-refractivity contribution in [1.29, 1.82) is 0 Å². The van der Waals surface area contributed by atoms with Crippen molar-refractivity contribution in [1.82, 2.24) is 4.98 Å². The van der Waals surface area contributed by atoms with Crippen LogP contribution in [0.25, 0.3) is 11.3 Å². The van der Waals surface area contributed by atoms with E-state index >= 15 is 0 Å². The quantitative estimate of drug-likeness (QED) is 0.650. The molecule has 0 aliphatic rings. The first-order valence-corrected chi connectivity index (χ1v) is 8.30. The van der Waals surface area contributed by atoms with Gasteiger partial charge in [0, 0.05) is 17.8 Å². The summed E-state index contributed by atoms with van der Waals surface area (Å²) < 4.78 is 19.7. The fourth-order valence-electron chi connectivity index (χ4n) is 2.64. The first-order valence-electron chi connectivity index (χ1n) is 7.92. The van der Waals surface area contributed by atoms with Gasteiger partial charge in [0.05, 0.1) is 17.8 Å². The van der Waals surface area contributed by atoms with E-state index in [2.05, 4.69) is 18.8 Å². The normalized spacial score (nSPS) is 12.5. The van der Waals surface area contributed by atoms with Crippen molar-refractivity contribution in [2.75, 3.05) is 7.11 Å². The number of pyridine rings is 1. The third-order valence-electron chi connectivity index (χ3n) is 4.22. The molecule has 2 aromatic rings. The largest absolute Gasteiger partial charge is 0.496 e. The van der Waals surface area contributed by atoms with Crippen LogP contribution in [0.4, 0.5) is 4.39 Å². The zero-order valence-corrected chi connectivity index (χ0v) is 15.0. The van der Waals surface area contributed by atoms with Crippen LogP contribution in [0.15, 0.2) is 24.4 Å². The van der Waals surface area contributed by atoms with Gasteiger partial charge < -0.3 is 4.74 Å². The molecule has 0 spiro atoms. The predicted octanol–water partition coefficient (Wildman–Crippen LogP) is 6.19. The SMILES string of the molecule is CCC(C)c1cc(Cl)cnc1-c1cc(C(C)C)c(F)cc1OC. The average molecular weight is 336 g/mol. The number of halogens is 2. The van der Waals surface area contributed by atoms with Crippen molar-refractivity contribution in [3.8, 4) is 17.0 Å². The van der Waals surface area contributed by atoms with Crippen LogP contribution < -0.4 is 4.74 Å². The van der Waals surface area contributed by atoms with Crippen LogP contribution in [0.2, 0.25) is 5.02 Å². The lowest BCUT2D eigenvalue weighted by Crippen LogP contribution is -2.02. The van der Waals surface area contributed by atoms with Crippen LogP contribution in [0, 0.1) is 5.82 Å². The lowest BCUT2D eigenvalue weighted by molar-refractivity contribution is 0.412. The number of hydrogen-bond acceptors (Lipinski definition) is 2. The average Bonchev–Trinajstić information content (AvgIpc) is 2.53. The summed E-state index contributed by atoms with van der Waals surface area (Å²) in [6, 6.07) is 5.23. The topological polar surface area (TPSA) is 22.1 Å². The summed E-state index contributed by atoms with van der Waals surface area (Å²) in [4.78, 5) is 4.52. The van der Waals surface area contributed by atoms with Crippen LogP contribution in [0.5, 0.6) is 5.75 Å². The number of ether oxygens (including phenoxy) is 1. The highest BCUT2D eigenvalue weighted by Crippen LogP contribution is 2.38. The predicted molar refractivity (Wildman–Crippen MR) is 94.0 cm³/mol. The molecule has 1 unspecified atom stereocenters. The summed E-state index contributed by atoms with van der Waals surface area (Å²) in [6.07, 6.45) is 2.59. The highest BCUT2D eigenvalue weighted by atomic mass is 35.5. The zero-order valence-electron chi connectivity index (χ0n) is 14.3. The second-order valence-electron chi connectivity index (χ2n) is 6.13. The first kappa shape index (κ1) is 17.7. The number of methoxy groups -OCH3 is 1. The molecule has 1 atom stereocenters. The van der Waals surface area contributed by atoms with Crippen molar-refractivity contribution in [2.24, 2.45) is 0 Å². The molecule has 1 aromatic heterocycles. The molecular weight excluding hydrogens is 313 g/mol. The molecular formula is C19H23ClFNO. The first-order chi connectivity index (χ1) is 10.9. The van der Waals surface area contributed by atoms with E-state index in [4.69, 9.17) is 16.3 Å². The summed E-state index contributed by atoms with van der Waals surface area (Å²) in [7, 11) is 1.55. The molecule has 23 heavy (non-hydrogen) atoms. The van der Waals surface area contributed by atoms with E-state index < -0.39 is 0 Å². The van der Waals surface area contributed by atoms with Gasteiger partial charge in [0.25, 0.3) is 0 Å². The van der Waals surface area contributed by atoms with Gasteiger partial charge in [-0.2, -0.15) is 0 Å². The summed E-state index contributed by atoms with van der Waals surface area (Å²) in [5.74, 6) is 0.624. The van der Waals surface area contributed by atoms with Gasteiger partial charge in [0.2, 0.25) is 0 Å². The Labute approximate surface area is 142 Å². The fraction of sp³-hybridized carbons (Fsp3) is 0.421. The van der Waals surface area contributed by atoms with Gasteiger partial charge in [-0.25, -0.2) is 4.39 Å². The molecule has 0 bridgehead atoms. The maximum atomic E-state index is 14.3. The minimum atomic E-state index is -0.250. The molecule has 1 heterocycles. The van der Waals surface area contributed by atoms with Gasteiger partial charge in [-0.05, 0) is 41.5 Å². The smallest absolute Gasteiger partial charge is 0.131 e. The number of benzene rings is 1. The van der Waals surface area contributed by atoms with Crippen LogP contribution in [-0.4, -0.2) is 12.1 Å². The van der Waals surface area contributed by atoms with Gasteiger partial charge in [0.15, 0.2) is 0 Å². The molecule has 0 N–H and O–H groups in total. The third-order valence-corrected chi connectivity index (χ3v) is 4.43. The third kappa shape index (κ3) is 3.66. The maximum absolute atomic E-state index is 14.3. The lowest BCUT2D eigenvalue weighted by Gasteiger charge is -2.18. The minimum absolute atomic E-state index is 0.0824. The number of aromatic nitrogens is 1. The maximum Gasteiger partial charge on any atom is 0.131 e. The second-order valence-corrected chi connectivity index (χ2v) is 6.57. The number of rotatable bonds is 5. The summed E-state index contributed by atoms with van der Waals surface area (Å²) in [5.41, 5.74) is 3.33. The van der Waals surface area contributed by atoms with Gasteiger partial charge >= 0.3 is 0 Å². The summed E-state index contributed by atoms with van der Waals surface area (Å²) in [5, 5.41) is 0.606. The lowest BCUT2D eigenvalue weighted by atomic mass is 9.91. The van der Waals surface area contributed by atoms with E-state index in [9.17, 15) is 4.39 Å². The second kappa shape index (κ2) is 7.31. The van der Waals surface area contributed by atoms with Crippen molar-refractivity contribution in [2.45, 2.75) is 46.0 Å². The highest BCUT2D eigenvalue weighted by molar-refractivity contribution is 6.30. The Morgan fingerprint density at radius 2 is 1.87 bits per heavy atom. The summed E-state index contributed by atoms with van der Waals surface area (Å²) >= 11 is 6.13. The molecule has 0 amide bonds.